The van der Waals surface area contributed by atoms with Crippen LogP contribution in [0.5, 0.6) is 0 Å². The van der Waals surface area contributed by atoms with Crippen LogP contribution in [0, 0.1) is 0 Å². The standard InChI is InChI=1S/C16H15N3O2/c1-19(12-7-3-2-4-8-12)17-16(20)11-14-13-9-5-6-10-15(13)21-18-14/h2-10H,11H2,1H3,(H,17,20). The Balaban J connectivity index is 1.69. The SMILES string of the molecule is CN(NC(=O)Cc1noc2ccccc12)c1ccccc1. The van der Waals surface area contributed by atoms with Crippen LogP contribution >= 0.6 is 0 Å². The summed E-state index contributed by atoms with van der Waals surface area (Å²) in [5.41, 5.74) is 5.06. The van der Waals surface area contributed by atoms with Crippen molar-refractivity contribution in [3.8, 4) is 0 Å². The highest BCUT2D eigenvalue weighted by Gasteiger charge is 2.13. The number of nitrogens with zero attached hydrogens (tertiary/aromatic N) is 2. The van der Waals surface area contributed by atoms with Gasteiger partial charge in [-0.2, -0.15) is 0 Å². The summed E-state index contributed by atoms with van der Waals surface area (Å²) < 4.78 is 5.20. The van der Waals surface area contributed by atoms with Gasteiger partial charge in [-0.3, -0.25) is 15.2 Å². The van der Waals surface area contributed by atoms with Crippen molar-refractivity contribution in [1.29, 1.82) is 0 Å². The minimum Gasteiger partial charge on any atom is -0.356 e. The van der Waals surface area contributed by atoms with Crippen molar-refractivity contribution in [3.63, 3.8) is 0 Å². The van der Waals surface area contributed by atoms with Crippen LogP contribution in [-0.4, -0.2) is 18.1 Å². The molecular formula is C16H15N3O2. The van der Waals surface area contributed by atoms with Gasteiger partial charge in [0.05, 0.1) is 12.1 Å². The fourth-order valence-corrected chi connectivity index (χ4v) is 2.16. The predicted molar refractivity (Wildman–Crippen MR) is 80.7 cm³/mol. The molecule has 106 valence electrons. The number of para-hydroxylation sites is 2. The number of nitrogens with one attached hydrogen (secondary N) is 1. The molecule has 21 heavy (non-hydrogen) atoms. The molecule has 0 saturated heterocycles. The van der Waals surface area contributed by atoms with E-state index in [1.807, 2.05) is 54.6 Å². The molecule has 0 unspecified atom stereocenters. The van der Waals surface area contributed by atoms with Gasteiger partial charge in [0.15, 0.2) is 5.58 Å². The van der Waals surface area contributed by atoms with E-state index in [0.717, 1.165) is 11.1 Å². The molecule has 5 nitrogen and oxygen atoms in total. The highest BCUT2D eigenvalue weighted by Crippen LogP contribution is 2.18. The lowest BCUT2D eigenvalue weighted by Crippen LogP contribution is -2.40. The van der Waals surface area contributed by atoms with Gasteiger partial charge in [0.2, 0.25) is 5.91 Å². The predicted octanol–water partition coefficient (Wildman–Crippen LogP) is 2.54. The Morgan fingerprint density at radius 2 is 1.86 bits per heavy atom. The number of aromatic nitrogens is 1. The molecule has 0 radical (unpaired) electrons. The molecule has 0 spiro atoms. The number of benzene rings is 2. The maximum Gasteiger partial charge on any atom is 0.244 e. The zero-order valence-electron chi connectivity index (χ0n) is 11.6. The van der Waals surface area contributed by atoms with Gasteiger partial charge in [0, 0.05) is 12.4 Å². The summed E-state index contributed by atoms with van der Waals surface area (Å²) >= 11 is 0. The first kappa shape index (κ1) is 13.2. The minimum absolute atomic E-state index is 0.139. The van der Waals surface area contributed by atoms with E-state index < -0.39 is 0 Å². The Bertz CT molecular complexity index is 752. The maximum atomic E-state index is 12.1. The van der Waals surface area contributed by atoms with E-state index in [1.165, 1.54) is 0 Å². The highest BCUT2D eigenvalue weighted by molar-refractivity contribution is 5.86. The molecule has 0 atom stereocenters. The Labute approximate surface area is 122 Å². The van der Waals surface area contributed by atoms with E-state index in [1.54, 1.807) is 12.1 Å². The molecule has 3 aromatic rings. The third-order valence-corrected chi connectivity index (χ3v) is 3.22. The number of amides is 1. The number of carbonyl (C=O) groups is 1. The van der Waals surface area contributed by atoms with Gasteiger partial charge in [-0.05, 0) is 24.3 Å². The van der Waals surface area contributed by atoms with E-state index >= 15 is 0 Å². The summed E-state index contributed by atoms with van der Waals surface area (Å²) in [4.78, 5) is 12.1. The van der Waals surface area contributed by atoms with E-state index in [4.69, 9.17) is 4.52 Å². The molecule has 0 bridgehead atoms. The molecule has 1 amide bonds. The molecule has 2 aromatic carbocycles. The van der Waals surface area contributed by atoms with Gasteiger partial charge in [-0.1, -0.05) is 35.5 Å². The van der Waals surface area contributed by atoms with Crippen LogP contribution in [0.15, 0.2) is 59.1 Å². The van der Waals surface area contributed by atoms with Crippen LogP contribution in [0.2, 0.25) is 0 Å². The van der Waals surface area contributed by atoms with E-state index in [2.05, 4.69) is 10.6 Å². The molecule has 1 aromatic heterocycles. The first-order valence-corrected chi connectivity index (χ1v) is 6.65. The third-order valence-electron chi connectivity index (χ3n) is 3.22. The number of carbonyl (C=O) groups excluding carboxylic acids is 1. The van der Waals surface area contributed by atoms with Gasteiger partial charge in [-0.25, -0.2) is 0 Å². The van der Waals surface area contributed by atoms with Gasteiger partial charge in [-0.15, -0.1) is 0 Å². The van der Waals surface area contributed by atoms with Crippen LogP contribution in [0.1, 0.15) is 5.69 Å². The number of hydrogen-bond donors (Lipinski definition) is 1. The molecule has 0 aliphatic carbocycles. The number of hydrogen-bond acceptors (Lipinski definition) is 4. The van der Waals surface area contributed by atoms with Gasteiger partial charge in [0.25, 0.3) is 0 Å². The lowest BCUT2D eigenvalue weighted by molar-refractivity contribution is -0.120. The zero-order valence-corrected chi connectivity index (χ0v) is 11.6. The summed E-state index contributed by atoms with van der Waals surface area (Å²) in [5.74, 6) is -0.139. The normalized spacial score (nSPS) is 10.5. The smallest absolute Gasteiger partial charge is 0.244 e. The summed E-state index contributed by atoms with van der Waals surface area (Å²) in [6.07, 6.45) is 0.175. The lowest BCUT2D eigenvalue weighted by atomic mass is 10.2. The number of anilines is 1. The Kier molecular flexibility index (Phi) is 3.55. The largest absolute Gasteiger partial charge is 0.356 e. The van der Waals surface area contributed by atoms with E-state index in [-0.39, 0.29) is 12.3 Å². The van der Waals surface area contributed by atoms with Crippen LogP contribution in [-0.2, 0) is 11.2 Å². The van der Waals surface area contributed by atoms with Crippen LogP contribution in [0.4, 0.5) is 5.69 Å². The molecule has 5 heteroatoms. The van der Waals surface area contributed by atoms with Crippen molar-refractivity contribution >= 4 is 22.6 Å². The molecule has 0 saturated carbocycles. The maximum absolute atomic E-state index is 12.1. The topological polar surface area (TPSA) is 58.4 Å². The van der Waals surface area contributed by atoms with Crippen LogP contribution in [0.3, 0.4) is 0 Å². The van der Waals surface area contributed by atoms with E-state index in [9.17, 15) is 4.79 Å². The Morgan fingerprint density at radius 1 is 1.14 bits per heavy atom. The van der Waals surface area contributed by atoms with Crippen molar-refractivity contribution in [1.82, 2.24) is 10.6 Å². The summed E-state index contributed by atoms with van der Waals surface area (Å²) in [6, 6.07) is 17.1. The Morgan fingerprint density at radius 3 is 2.67 bits per heavy atom. The molecule has 0 fully saturated rings. The van der Waals surface area contributed by atoms with Crippen molar-refractivity contribution in [2.24, 2.45) is 0 Å². The number of rotatable bonds is 4. The second-order valence-electron chi connectivity index (χ2n) is 4.73. The molecule has 1 heterocycles. The quantitative estimate of drug-likeness (QED) is 0.747. The van der Waals surface area contributed by atoms with Gasteiger partial charge < -0.3 is 4.52 Å². The lowest BCUT2D eigenvalue weighted by Gasteiger charge is -2.19. The average Bonchev–Trinajstić information content (AvgIpc) is 2.91. The second-order valence-corrected chi connectivity index (χ2v) is 4.73. The molecule has 0 aliphatic rings. The summed E-state index contributed by atoms with van der Waals surface area (Å²) in [5, 5.41) is 6.52. The van der Waals surface area contributed by atoms with E-state index in [0.29, 0.717) is 11.3 Å². The van der Waals surface area contributed by atoms with Crippen molar-refractivity contribution in [3.05, 3.63) is 60.3 Å². The van der Waals surface area contributed by atoms with Crippen molar-refractivity contribution in [2.75, 3.05) is 12.1 Å². The summed E-state index contributed by atoms with van der Waals surface area (Å²) in [6.45, 7) is 0. The molecule has 3 rings (SSSR count). The van der Waals surface area contributed by atoms with Crippen LogP contribution < -0.4 is 10.4 Å². The number of hydrazine groups is 1. The molecule has 0 aliphatic heterocycles. The van der Waals surface area contributed by atoms with Gasteiger partial charge in [0.1, 0.15) is 5.69 Å². The second kappa shape index (κ2) is 5.66. The average molecular weight is 281 g/mol. The summed E-state index contributed by atoms with van der Waals surface area (Å²) in [7, 11) is 1.80. The monoisotopic (exact) mass is 281 g/mol. The van der Waals surface area contributed by atoms with Crippen LogP contribution in [0.25, 0.3) is 11.0 Å². The fourth-order valence-electron chi connectivity index (χ4n) is 2.16. The van der Waals surface area contributed by atoms with Crippen molar-refractivity contribution in [2.45, 2.75) is 6.42 Å². The first-order valence-electron chi connectivity index (χ1n) is 6.65. The molecular weight excluding hydrogens is 266 g/mol. The Hall–Kier alpha value is -2.82. The fraction of sp³-hybridized carbons (Fsp3) is 0.125. The number of fused-ring (bicyclic) bond motifs is 1. The minimum atomic E-state index is -0.139. The molecule has 1 N–H and O–H groups in total. The third kappa shape index (κ3) is 2.86. The van der Waals surface area contributed by atoms with Crippen molar-refractivity contribution < 1.29 is 9.32 Å². The first-order chi connectivity index (χ1) is 10.2. The highest BCUT2D eigenvalue weighted by atomic mass is 16.5. The van der Waals surface area contributed by atoms with Gasteiger partial charge >= 0.3 is 0 Å². The zero-order chi connectivity index (χ0) is 14.7.